The van der Waals surface area contributed by atoms with Gasteiger partial charge in [-0.05, 0) is 26.9 Å². The number of aliphatic hydroxyl groups excluding tert-OH is 1. The highest BCUT2D eigenvalue weighted by Gasteiger charge is 2.29. The third kappa shape index (κ3) is 3.17. The van der Waals surface area contributed by atoms with Gasteiger partial charge in [-0.3, -0.25) is 0 Å². The quantitative estimate of drug-likeness (QED) is 0.834. The van der Waals surface area contributed by atoms with E-state index in [-0.39, 0.29) is 6.10 Å². The van der Waals surface area contributed by atoms with E-state index in [1.165, 1.54) is 0 Å². The number of hydrogen-bond donors (Lipinski definition) is 1. The van der Waals surface area contributed by atoms with Gasteiger partial charge in [0.15, 0.2) is 0 Å². The van der Waals surface area contributed by atoms with E-state index in [0.29, 0.717) is 5.92 Å². The molecule has 1 fully saturated rings. The summed E-state index contributed by atoms with van der Waals surface area (Å²) in [7, 11) is 6.18. The second-order valence-electron chi connectivity index (χ2n) is 5.35. The first-order valence-corrected chi connectivity index (χ1v) is 6.42. The van der Waals surface area contributed by atoms with Gasteiger partial charge in [0, 0.05) is 37.8 Å². The van der Waals surface area contributed by atoms with Crippen LogP contribution in [-0.4, -0.2) is 60.3 Å². The number of anilines is 1. The molecule has 1 heterocycles. The number of aromatic nitrogens is 2. The van der Waals surface area contributed by atoms with E-state index in [9.17, 15) is 5.11 Å². The molecule has 0 unspecified atom stereocenters. The van der Waals surface area contributed by atoms with Gasteiger partial charge < -0.3 is 14.9 Å². The largest absolute Gasteiger partial charge is 0.393 e. The van der Waals surface area contributed by atoms with E-state index in [0.717, 1.165) is 37.4 Å². The second-order valence-corrected chi connectivity index (χ2v) is 5.35. The van der Waals surface area contributed by atoms with Crippen molar-refractivity contribution in [1.29, 1.82) is 0 Å². The first kappa shape index (κ1) is 13.2. The Morgan fingerprint density at radius 3 is 2.56 bits per heavy atom. The molecule has 0 saturated heterocycles. The number of likely N-dealkylation sites (N-methyl/N-ethyl adjacent to an activating group) is 2. The third-order valence-electron chi connectivity index (χ3n) is 3.48. The van der Waals surface area contributed by atoms with Gasteiger partial charge in [0.2, 0.25) is 0 Å². The molecule has 2 rings (SSSR count). The fourth-order valence-corrected chi connectivity index (χ4v) is 2.09. The van der Waals surface area contributed by atoms with Gasteiger partial charge in [0.25, 0.3) is 0 Å². The Bertz CT molecular complexity index is 390. The predicted octanol–water partition coefficient (Wildman–Crippen LogP) is 0.713. The zero-order chi connectivity index (χ0) is 13.1. The topological polar surface area (TPSA) is 52.5 Å². The van der Waals surface area contributed by atoms with Crippen LogP contribution < -0.4 is 4.90 Å². The standard InChI is InChI=1S/C13H22N4O/c1-16(2)4-5-17(3)13-8-12(14-9-15-13)10-6-11(18)7-10/h8-11,18H,4-7H2,1-3H3. The van der Waals surface area contributed by atoms with Crippen LogP contribution in [-0.2, 0) is 0 Å². The molecule has 0 aromatic carbocycles. The molecule has 5 heteroatoms. The van der Waals surface area contributed by atoms with Crippen LogP contribution in [0.25, 0.3) is 0 Å². The first-order valence-electron chi connectivity index (χ1n) is 6.42. The Balaban J connectivity index is 1.98. The lowest BCUT2D eigenvalue weighted by molar-refractivity contribution is 0.0732. The van der Waals surface area contributed by atoms with Crippen molar-refractivity contribution in [3.63, 3.8) is 0 Å². The Labute approximate surface area is 108 Å². The molecule has 0 atom stereocenters. The van der Waals surface area contributed by atoms with Crippen LogP contribution in [0.1, 0.15) is 24.5 Å². The molecule has 100 valence electrons. The average molecular weight is 250 g/mol. The fraction of sp³-hybridized carbons (Fsp3) is 0.692. The maximum Gasteiger partial charge on any atom is 0.131 e. The lowest BCUT2D eigenvalue weighted by Crippen LogP contribution is -2.30. The number of hydrogen-bond acceptors (Lipinski definition) is 5. The third-order valence-corrected chi connectivity index (χ3v) is 3.48. The van der Waals surface area contributed by atoms with Gasteiger partial charge >= 0.3 is 0 Å². The lowest BCUT2D eigenvalue weighted by Gasteiger charge is -2.31. The van der Waals surface area contributed by atoms with Crippen molar-refractivity contribution in [1.82, 2.24) is 14.9 Å². The van der Waals surface area contributed by atoms with Crippen LogP contribution in [0.5, 0.6) is 0 Å². The SMILES string of the molecule is CN(C)CCN(C)c1cc(C2CC(O)C2)ncn1. The summed E-state index contributed by atoms with van der Waals surface area (Å²) in [5, 5.41) is 9.34. The van der Waals surface area contributed by atoms with Gasteiger partial charge in [-0.25, -0.2) is 9.97 Å². The minimum atomic E-state index is -0.139. The summed E-state index contributed by atoms with van der Waals surface area (Å²) in [6.07, 6.45) is 3.15. The summed E-state index contributed by atoms with van der Waals surface area (Å²) < 4.78 is 0. The number of aliphatic hydroxyl groups is 1. The minimum absolute atomic E-state index is 0.139. The maximum atomic E-state index is 9.34. The zero-order valence-corrected chi connectivity index (χ0v) is 11.4. The van der Waals surface area contributed by atoms with Crippen LogP contribution in [0.15, 0.2) is 12.4 Å². The van der Waals surface area contributed by atoms with Gasteiger partial charge in [0.1, 0.15) is 12.1 Å². The highest BCUT2D eigenvalue weighted by Crippen LogP contribution is 2.36. The van der Waals surface area contributed by atoms with E-state index in [2.05, 4.69) is 33.9 Å². The predicted molar refractivity (Wildman–Crippen MR) is 71.8 cm³/mol. The highest BCUT2D eigenvalue weighted by atomic mass is 16.3. The molecule has 1 aromatic rings. The Hall–Kier alpha value is -1.20. The maximum absolute atomic E-state index is 9.34. The molecule has 0 bridgehead atoms. The Kier molecular flexibility index (Phi) is 4.14. The smallest absolute Gasteiger partial charge is 0.131 e. The van der Waals surface area contributed by atoms with Crippen molar-refractivity contribution < 1.29 is 5.11 Å². The van der Waals surface area contributed by atoms with E-state index < -0.39 is 0 Å². The molecule has 0 amide bonds. The van der Waals surface area contributed by atoms with Crippen molar-refractivity contribution in [3.05, 3.63) is 18.1 Å². The van der Waals surface area contributed by atoms with E-state index in [4.69, 9.17) is 0 Å². The minimum Gasteiger partial charge on any atom is -0.393 e. The molecule has 1 aliphatic carbocycles. The summed E-state index contributed by atoms with van der Waals surface area (Å²) in [5.41, 5.74) is 1.06. The lowest BCUT2D eigenvalue weighted by atomic mass is 9.80. The van der Waals surface area contributed by atoms with Crippen molar-refractivity contribution >= 4 is 5.82 Å². The molecule has 1 saturated carbocycles. The molecule has 1 aromatic heterocycles. The summed E-state index contributed by atoms with van der Waals surface area (Å²) in [4.78, 5) is 12.9. The molecule has 5 nitrogen and oxygen atoms in total. The van der Waals surface area contributed by atoms with Crippen molar-refractivity contribution in [3.8, 4) is 0 Å². The highest BCUT2D eigenvalue weighted by molar-refractivity contribution is 5.39. The van der Waals surface area contributed by atoms with Crippen molar-refractivity contribution in [2.45, 2.75) is 24.9 Å². The first-order chi connectivity index (χ1) is 8.56. The molecule has 0 aliphatic heterocycles. The van der Waals surface area contributed by atoms with Crippen LogP contribution in [0.4, 0.5) is 5.82 Å². The molecule has 18 heavy (non-hydrogen) atoms. The van der Waals surface area contributed by atoms with Gasteiger partial charge in [-0.2, -0.15) is 0 Å². The van der Waals surface area contributed by atoms with Gasteiger partial charge in [0.05, 0.1) is 6.10 Å². The van der Waals surface area contributed by atoms with Crippen molar-refractivity contribution in [2.24, 2.45) is 0 Å². The molecular formula is C13H22N4O. The summed E-state index contributed by atoms with van der Waals surface area (Å²) >= 11 is 0. The van der Waals surface area contributed by atoms with E-state index in [1.54, 1.807) is 6.33 Å². The van der Waals surface area contributed by atoms with Crippen LogP contribution >= 0.6 is 0 Å². The number of nitrogens with zero attached hydrogens (tertiary/aromatic N) is 4. The van der Waals surface area contributed by atoms with E-state index >= 15 is 0 Å². The second kappa shape index (κ2) is 5.63. The van der Waals surface area contributed by atoms with E-state index in [1.807, 2.05) is 13.1 Å². The summed E-state index contributed by atoms with van der Waals surface area (Å²) in [5.74, 6) is 1.37. The molecule has 1 N–H and O–H groups in total. The van der Waals surface area contributed by atoms with Crippen LogP contribution in [0.3, 0.4) is 0 Å². The molecule has 0 radical (unpaired) electrons. The average Bonchev–Trinajstić information content (AvgIpc) is 2.32. The zero-order valence-electron chi connectivity index (χ0n) is 11.4. The van der Waals surface area contributed by atoms with Crippen molar-refractivity contribution in [2.75, 3.05) is 39.1 Å². The van der Waals surface area contributed by atoms with Crippen LogP contribution in [0.2, 0.25) is 0 Å². The summed E-state index contributed by atoms with van der Waals surface area (Å²) in [6.45, 7) is 1.94. The fourth-order valence-electron chi connectivity index (χ4n) is 2.09. The van der Waals surface area contributed by atoms with Gasteiger partial charge in [-0.15, -0.1) is 0 Å². The normalized spacial score (nSPS) is 22.9. The molecular weight excluding hydrogens is 228 g/mol. The Morgan fingerprint density at radius 2 is 1.94 bits per heavy atom. The monoisotopic (exact) mass is 250 g/mol. The van der Waals surface area contributed by atoms with Gasteiger partial charge in [-0.1, -0.05) is 0 Å². The summed E-state index contributed by atoms with van der Waals surface area (Å²) in [6, 6.07) is 2.05. The number of rotatable bonds is 5. The molecule has 1 aliphatic rings. The molecule has 0 spiro atoms. The van der Waals surface area contributed by atoms with Crippen LogP contribution in [0, 0.1) is 0 Å². The Morgan fingerprint density at radius 1 is 1.22 bits per heavy atom.